The normalized spacial score (nSPS) is 11.9. The van der Waals surface area contributed by atoms with Gasteiger partial charge in [-0.25, -0.2) is 0 Å². The summed E-state index contributed by atoms with van der Waals surface area (Å²) in [5, 5.41) is 12.8. The number of carbonyl (C=O) groups excluding carboxylic acids is 1. The molecule has 2 aromatic carbocycles. The van der Waals surface area contributed by atoms with Gasteiger partial charge in [0.1, 0.15) is 5.75 Å². The van der Waals surface area contributed by atoms with E-state index in [9.17, 15) is 9.90 Å². The second kappa shape index (κ2) is 7.99. The Morgan fingerprint density at radius 1 is 1.18 bits per heavy atom. The first-order valence-electron chi connectivity index (χ1n) is 7.42. The van der Waals surface area contributed by atoms with Crippen molar-refractivity contribution in [3.05, 3.63) is 64.1 Å². The van der Waals surface area contributed by atoms with Gasteiger partial charge in [-0.2, -0.15) is 0 Å². The van der Waals surface area contributed by atoms with Gasteiger partial charge in [-0.15, -0.1) is 0 Å². The van der Waals surface area contributed by atoms with E-state index in [4.69, 9.17) is 0 Å². The van der Waals surface area contributed by atoms with Gasteiger partial charge < -0.3 is 10.4 Å². The molecule has 0 aliphatic heterocycles. The maximum Gasteiger partial charge on any atom is 0.220 e. The molecule has 0 bridgehead atoms. The number of aryl methyl sites for hydroxylation is 1. The van der Waals surface area contributed by atoms with Gasteiger partial charge in [0.25, 0.3) is 0 Å². The van der Waals surface area contributed by atoms with Crippen molar-refractivity contribution in [2.75, 3.05) is 0 Å². The molecule has 0 spiro atoms. The second-order valence-electron chi connectivity index (χ2n) is 5.21. The molecule has 3 nitrogen and oxygen atoms in total. The Bertz CT molecular complexity index is 625. The Balaban J connectivity index is 1.92. The van der Waals surface area contributed by atoms with Crippen molar-refractivity contribution in [1.82, 2.24) is 5.32 Å². The van der Waals surface area contributed by atoms with Crippen molar-refractivity contribution < 1.29 is 9.90 Å². The van der Waals surface area contributed by atoms with Crippen molar-refractivity contribution in [2.24, 2.45) is 0 Å². The van der Waals surface area contributed by atoms with Gasteiger partial charge in [0, 0.05) is 10.9 Å². The van der Waals surface area contributed by atoms with E-state index < -0.39 is 0 Å². The van der Waals surface area contributed by atoms with Crippen molar-refractivity contribution >= 4 is 21.8 Å². The maximum atomic E-state index is 12.1. The zero-order valence-corrected chi connectivity index (χ0v) is 14.1. The van der Waals surface area contributed by atoms with Crippen LogP contribution in [0.25, 0.3) is 0 Å². The van der Waals surface area contributed by atoms with Crippen molar-refractivity contribution in [3.8, 4) is 5.75 Å². The predicted octanol–water partition coefficient (Wildman–Crippen LogP) is 4.35. The van der Waals surface area contributed by atoms with Crippen LogP contribution in [-0.4, -0.2) is 11.0 Å². The highest BCUT2D eigenvalue weighted by Crippen LogP contribution is 2.20. The number of rotatable bonds is 6. The molecule has 2 aromatic rings. The summed E-state index contributed by atoms with van der Waals surface area (Å²) in [6, 6.07) is 15.1. The standard InChI is InChI=1S/C18H20BrNO2/c1-2-16(13-7-10-15(19)11-8-13)20-18(22)12-9-14-5-3-4-6-17(14)21/h3-8,10-11,16,21H,2,9,12H2,1H3,(H,20,22). The van der Waals surface area contributed by atoms with Gasteiger partial charge in [-0.3, -0.25) is 4.79 Å². The van der Waals surface area contributed by atoms with Crippen molar-refractivity contribution in [2.45, 2.75) is 32.2 Å². The first-order chi connectivity index (χ1) is 10.6. The molecule has 0 saturated heterocycles. The molecule has 1 atom stereocenters. The predicted molar refractivity (Wildman–Crippen MR) is 91.7 cm³/mol. The number of benzene rings is 2. The topological polar surface area (TPSA) is 49.3 Å². The molecule has 2 rings (SSSR count). The van der Waals surface area contributed by atoms with Crippen LogP contribution in [0.4, 0.5) is 0 Å². The Morgan fingerprint density at radius 2 is 1.86 bits per heavy atom. The van der Waals surface area contributed by atoms with E-state index in [2.05, 4.69) is 28.2 Å². The highest BCUT2D eigenvalue weighted by atomic mass is 79.9. The molecular formula is C18H20BrNO2. The van der Waals surface area contributed by atoms with E-state index >= 15 is 0 Å². The molecule has 0 radical (unpaired) electrons. The van der Waals surface area contributed by atoms with Crippen LogP contribution in [0.1, 0.15) is 36.9 Å². The fourth-order valence-electron chi connectivity index (χ4n) is 2.35. The van der Waals surface area contributed by atoms with E-state index in [0.29, 0.717) is 12.8 Å². The number of halogens is 1. The zero-order chi connectivity index (χ0) is 15.9. The van der Waals surface area contributed by atoms with E-state index in [1.807, 2.05) is 36.4 Å². The number of carbonyl (C=O) groups is 1. The van der Waals surface area contributed by atoms with Crippen LogP contribution in [0.5, 0.6) is 5.75 Å². The van der Waals surface area contributed by atoms with Gasteiger partial charge in [0.2, 0.25) is 5.91 Å². The van der Waals surface area contributed by atoms with Crippen LogP contribution in [0.15, 0.2) is 53.0 Å². The fraction of sp³-hybridized carbons (Fsp3) is 0.278. The lowest BCUT2D eigenvalue weighted by molar-refractivity contribution is -0.121. The Kier molecular flexibility index (Phi) is 6.01. The fourth-order valence-corrected chi connectivity index (χ4v) is 2.62. The summed E-state index contributed by atoms with van der Waals surface area (Å²) in [6.07, 6.45) is 1.74. The first kappa shape index (κ1) is 16.6. The minimum absolute atomic E-state index is 0.00183. The quantitative estimate of drug-likeness (QED) is 0.803. The maximum absolute atomic E-state index is 12.1. The van der Waals surface area contributed by atoms with Crippen LogP contribution < -0.4 is 5.32 Å². The van der Waals surface area contributed by atoms with E-state index in [-0.39, 0.29) is 17.7 Å². The Hall–Kier alpha value is -1.81. The average molecular weight is 362 g/mol. The molecule has 1 amide bonds. The lowest BCUT2D eigenvalue weighted by Crippen LogP contribution is -2.28. The van der Waals surface area contributed by atoms with Crippen LogP contribution in [-0.2, 0) is 11.2 Å². The molecule has 22 heavy (non-hydrogen) atoms. The van der Waals surface area contributed by atoms with E-state index in [1.165, 1.54) is 0 Å². The molecule has 0 aliphatic carbocycles. The average Bonchev–Trinajstić information content (AvgIpc) is 2.53. The van der Waals surface area contributed by atoms with Crippen LogP contribution in [0.2, 0.25) is 0 Å². The summed E-state index contributed by atoms with van der Waals surface area (Å²) in [5.41, 5.74) is 1.90. The summed E-state index contributed by atoms with van der Waals surface area (Å²) in [4.78, 5) is 12.1. The first-order valence-corrected chi connectivity index (χ1v) is 8.21. The lowest BCUT2D eigenvalue weighted by atomic mass is 10.0. The molecule has 0 heterocycles. The highest BCUT2D eigenvalue weighted by Gasteiger charge is 2.13. The van der Waals surface area contributed by atoms with Gasteiger partial charge in [0.05, 0.1) is 6.04 Å². The number of aromatic hydroxyl groups is 1. The molecule has 116 valence electrons. The number of nitrogens with one attached hydrogen (secondary N) is 1. The van der Waals surface area contributed by atoms with Crippen molar-refractivity contribution in [1.29, 1.82) is 0 Å². The van der Waals surface area contributed by atoms with Crippen LogP contribution >= 0.6 is 15.9 Å². The highest BCUT2D eigenvalue weighted by molar-refractivity contribution is 9.10. The van der Waals surface area contributed by atoms with Crippen LogP contribution in [0.3, 0.4) is 0 Å². The zero-order valence-electron chi connectivity index (χ0n) is 12.6. The lowest BCUT2D eigenvalue weighted by Gasteiger charge is -2.17. The third-order valence-electron chi connectivity index (χ3n) is 3.63. The molecule has 4 heteroatoms. The number of hydrogen-bond donors (Lipinski definition) is 2. The minimum atomic E-state index is -0.00183. The van der Waals surface area contributed by atoms with Gasteiger partial charge in [-0.1, -0.05) is 53.2 Å². The van der Waals surface area contributed by atoms with Crippen molar-refractivity contribution in [3.63, 3.8) is 0 Å². The van der Waals surface area contributed by atoms with Crippen LogP contribution in [0, 0.1) is 0 Å². The van der Waals surface area contributed by atoms with Gasteiger partial charge in [0.15, 0.2) is 0 Å². The molecule has 2 N–H and O–H groups in total. The summed E-state index contributed by atoms with van der Waals surface area (Å²) >= 11 is 3.41. The molecule has 0 saturated carbocycles. The number of amides is 1. The summed E-state index contributed by atoms with van der Waals surface area (Å²) in [5.74, 6) is 0.244. The third-order valence-corrected chi connectivity index (χ3v) is 4.16. The molecule has 0 aliphatic rings. The number of para-hydroxylation sites is 1. The third kappa shape index (κ3) is 4.60. The SMILES string of the molecule is CCC(NC(=O)CCc1ccccc1O)c1ccc(Br)cc1. The molecule has 1 unspecified atom stereocenters. The summed E-state index contributed by atoms with van der Waals surface area (Å²) in [7, 11) is 0. The van der Waals surface area contributed by atoms with E-state index in [0.717, 1.165) is 22.0 Å². The number of phenolic OH excluding ortho intramolecular Hbond substituents is 1. The van der Waals surface area contributed by atoms with E-state index in [1.54, 1.807) is 12.1 Å². The Labute approximate surface area is 139 Å². The second-order valence-corrected chi connectivity index (χ2v) is 6.12. The smallest absolute Gasteiger partial charge is 0.220 e. The number of phenols is 1. The van der Waals surface area contributed by atoms with Gasteiger partial charge >= 0.3 is 0 Å². The minimum Gasteiger partial charge on any atom is -0.508 e. The molecule has 0 fully saturated rings. The Morgan fingerprint density at radius 3 is 2.50 bits per heavy atom. The van der Waals surface area contributed by atoms with Gasteiger partial charge in [-0.05, 0) is 42.2 Å². The molecule has 0 aromatic heterocycles. The molecular weight excluding hydrogens is 342 g/mol. The largest absolute Gasteiger partial charge is 0.508 e. The summed E-state index contributed by atoms with van der Waals surface area (Å²) in [6.45, 7) is 2.05. The monoisotopic (exact) mass is 361 g/mol. The summed E-state index contributed by atoms with van der Waals surface area (Å²) < 4.78 is 1.02. The number of hydrogen-bond acceptors (Lipinski definition) is 2.